The van der Waals surface area contributed by atoms with E-state index in [1.807, 2.05) is 11.9 Å². The Morgan fingerprint density at radius 2 is 2.33 bits per heavy atom. The third-order valence-corrected chi connectivity index (χ3v) is 2.57. The monoisotopic (exact) mass is 191 g/mol. The van der Waals surface area contributed by atoms with Crippen LogP contribution in [0.1, 0.15) is 6.42 Å². The Hall–Kier alpha value is -0.480. The van der Waals surface area contributed by atoms with E-state index < -0.39 is 0 Å². The molecule has 0 spiro atoms. The smallest absolute Gasteiger partial charge is 0.317 e. The molecule has 2 fully saturated rings. The molecule has 2 saturated heterocycles. The van der Waals surface area contributed by atoms with Crippen LogP contribution < -0.4 is 10.6 Å². The van der Waals surface area contributed by atoms with E-state index in [-0.39, 0.29) is 18.4 Å². The average molecular weight is 192 g/mol. The normalized spacial score (nSPS) is 33.8. The summed E-state index contributed by atoms with van der Waals surface area (Å²) in [5.41, 5.74) is 0. The number of likely N-dealkylation sites (N-methyl/N-ethyl adjacent to an activating group) is 1. The van der Waals surface area contributed by atoms with Gasteiger partial charge in [-0.1, -0.05) is 0 Å². The molecule has 0 aromatic rings. The van der Waals surface area contributed by atoms with Crippen molar-refractivity contribution in [3.8, 4) is 0 Å². The van der Waals surface area contributed by atoms with E-state index in [0.717, 1.165) is 19.5 Å². The minimum Gasteiger partial charge on any atom is -0.332 e. The topological polar surface area (TPSA) is 44.4 Å². The largest absolute Gasteiger partial charge is 0.332 e. The minimum atomic E-state index is 0. The molecular formula is C7H14ClN3O. The lowest BCUT2D eigenvalue weighted by Crippen LogP contribution is -2.48. The molecule has 2 N–H and O–H groups in total. The summed E-state index contributed by atoms with van der Waals surface area (Å²) in [7, 11) is 1.87. The van der Waals surface area contributed by atoms with Crippen LogP contribution in [0.4, 0.5) is 4.79 Å². The number of nitrogens with one attached hydrogen (secondary N) is 2. The van der Waals surface area contributed by atoms with E-state index in [2.05, 4.69) is 10.6 Å². The van der Waals surface area contributed by atoms with Gasteiger partial charge in [-0.25, -0.2) is 4.79 Å². The van der Waals surface area contributed by atoms with Crippen LogP contribution in [-0.4, -0.2) is 43.2 Å². The lowest BCUT2D eigenvalue weighted by atomic mass is 10.0. The standard InChI is InChI=1S/C7H13N3O.ClH/c1-10-6-2-3-8-4-5(6)9-7(10)11;/h5-6,8H,2-4H2,1H3,(H,9,11);1H/t5-,6+;/m0./s1. The fourth-order valence-electron chi connectivity index (χ4n) is 1.87. The van der Waals surface area contributed by atoms with Crippen LogP contribution in [0.25, 0.3) is 0 Å². The highest BCUT2D eigenvalue weighted by Crippen LogP contribution is 2.16. The van der Waals surface area contributed by atoms with E-state index >= 15 is 0 Å². The Labute approximate surface area is 78.1 Å². The lowest BCUT2D eigenvalue weighted by Gasteiger charge is -2.27. The third-order valence-electron chi connectivity index (χ3n) is 2.57. The van der Waals surface area contributed by atoms with Gasteiger partial charge in [0.15, 0.2) is 0 Å². The SMILES string of the molecule is CN1C(=O)N[C@H]2CNCC[C@H]21.Cl. The molecule has 0 aromatic carbocycles. The van der Waals surface area contributed by atoms with Crippen molar-refractivity contribution in [1.29, 1.82) is 0 Å². The number of fused-ring (bicyclic) bond motifs is 1. The van der Waals surface area contributed by atoms with Gasteiger partial charge >= 0.3 is 6.03 Å². The quantitative estimate of drug-likeness (QED) is 0.557. The number of halogens is 1. The highest BCUT2D eigenvalue weighted by molar-refractivity contribution is 5.85. The van der Waals surface area contributed by atoms with Crippen LogP contribution in [0.3, 0.4) is 0 Å². The maximum atomic E-state index is 11.1. The fraction of sp³-hybridized carbons (Fsp3) is 0.857. The molecule has 0 aliphatic carbocycles. The van der Waals surface area contributed by atoms with Gasteiger partial charge in [0.25, 0.3) is 0 Å². The van der Waals surface area contributed by atoms with Gasteiger partial charge in [0.2, 0.25) is 0 Å². The van der Waals surface area contributed by atoms with Crippen molar-refractivity contribution in [2.75, 3.05) is 20.1 Å². The van der Waals surface area contributed by atoms with Gasteiger partial charge in [0, 0.05) is 13.6 Å². The summed E-state index contributed by atoms with van der Waals surface area (Å²) in [4.78, 5) is 12.9. The number of hydrogen-bond acceptors (Lipinski definition) is 2. The molecule has 2 aliphatic heterocycles. The molecule has 0 unspecified atom stereocenters. The van der Waals surface area contributed by atoms with Gasteiger partial charge < -0.3 is 15.5 Å². The molecule has 2 amide bonds. The lowest BCUT2D eigenvalue weighted by molar-refractivity contribution is 0.210. The number of piperidine rings is 1. The summed E-state index contributed by atoms with van der Waals surface area (Å²) in [5, 5.41) is 6.19. The molecular weight excluding hydrogens is 178 g/mol. The van der Waals surface area contributed by atoms with Gasteiger partial charge in [-0.3, -0.25) is 0 Å². The zero-order valence-corrected chi connectivity index (χ0v) is 7.86. The molecule has 0 radical (unpaired) electrons. The first-order valence-corrected chi connectivity index (χ1v) is 4.03. The van der Waals surface area contributed by atoms with Crippen LogP contribution >= 0.6 is 12.4 Å². The molecule has 0 bridgehead atoms. The third kappa shape index (κ3) is 1.36. The van der Waals surface area contributed by atoms with Gasteiger partial charge in [-0.2, -0.15) is 0 Å². The Balaban J connectivity index is 0.000000720. The van der Waals surface area contributed by atoms with E-state index in [1.165, 1.54) is 0 Å². The number of carbonyl (C=O) groups excluding carboxylic acids is 1. The van der Waals surface area contributed by atoms with Gasteiger partial charge in [0.1, 0.15) is 0 Å². The Bertz CT molecular complexity index is 187. The highest BCUT2D eigenvalue weighted by atomic mass is 35.5. The first kappa shape index (κ1) is 9.61. The van der Waals surface area contributed by atoms with Crippen LogP contribution in [-0.2, 0) is 0 Å². The molecule has 12 heavy (non-hydrogen) atoms. The number of urea groups is 1. The molecule has 4 nitrogen and oxygen atoms in total. The number of nitrogens with zero attached hydrogens (tertiary/aromatic N) is 1. The molecule has 5 heteroatoms. The van der Waals surface area contributed by atoms with Crippen molar-refractivity contribution < 1.29 is 4.79 Å². The molecule has 0 aromatic heterocycles. The molecule has 2 aliphatic rings. The van der Waals surface area contributed by atoms with Crippen molar-refractivity contribution in [3.05, 3.63) is 0 Å². The van der Waals surface area contributed by atoms with Gasteiger partial charge in [-0.05, 0) is 13.0 Å². The molecule has 2 heterocycles. The van der Waals surface area contributed by atoms with E-state index in [1.54, 1.807) is 0 Å². The predicted octanol–water partition coefficient (Wildman–Crippen LogP) is -0.206. The van der Waals surface area contributed by atoms with E-state index in [9.17, 15) is 4.79 Å². The second kappa shape index (κ2) is 3.49. The molecule has 2 atom stereocenters. The summed E-state index contributed by atoms with van der Waals surface area (Å²) >= 11 is 0. The van der Waals surface area contributed by atoms with Gasteiger partial charge in [0.05, 0.1) is 12.1 Å². The highest BCUT2D eigenvalue weighted by Gasteiger charge is 2.37. The van der Waals surface area contributed by atoms with Crippen molar-refractivity contribution >= 4 is 18.4 Å². The second-order valence-corrected chi connectivity index (χ2v) is 3.23. The van der Waals surface area contributed by atoms with E-state index in [4.69, 9.17) is 0 Å². The Kier molecular flexibility index (Phi) is 2.80. The van der Waals surface area contributed by atoms with E-state index in [0.29, 0.717) is 12.1 Å². The van der Waals surface area contributed by atoms with Crippen molar-refractivity contribution in [2.24, 2.45) is 0 Å². The molecule has 0 saturated carbocycles. The van der Waals surface area contributed by atoms with Crippen LogP contribution in [0.5, 0.6) is 0 Å². The van der Waals surface area contributed by atoms with Crippen molar-refractivity contribution in [2.45, 2.75) is 18.5 Å². The Morgan fingerprint density at radius 1 is 1.58 bits per heavy atom. The van der Waals surface area contributed by atoms with Crippen LogP contribution in [0, 0.1) is 0 Å². The van der Waals surface area contributed by atoms with Crippen LogP contribution in [0.15, 0.2) is 0 Å². The molecule has 70 valence electrons. The predicted molar refractivity (Wildman–Crippen MR) is 48.6 cm³/mol. The first-order valence-electron chi connectivity index (χ1n) is 4.03. The number of carbonyl (C=O) groups is 1. The minimum absolute atomic E-state index is 0. The fourth-order valence-corrected chi connectivity index (χ4v) is 1.87. The Morgan fingerprint density at radius 3 is 3.00 bits per heavy atom. The number of rotatable bonds is 0. The van der Waals surface area contributed by atoms with Crippen molar-refractivity contribution in [1.82, 2.24) is 15.5 Å². The molecule has 2 rings (SSSR count). The number of hydrogen-bond donors (Lipinski definition) is 2. The van der Waals surface area contributed by atoms with Gasteiger partial charge in [-0.15, -0.1) is 12.4 Å². The summed E-state index contributed by atoms with van der Waals surface area (Å²) in [6.45, 7) is 1.95. The summed E-state index contributed by atoms with van der Waals surface area (Å²) in [5.74, 6) is 0. The zero-order valence-electron chi connectivity index (χ0n) is 7.04. The van der Waals surface area contributed by atoms with Crippen LogP contribution in [0.2, 0.25) is 0 Å². The maximum Gasteiger partial charge on any atom is 0.317 e. The van der Waals surface area contributed by atoms with Crippen molar-refractivity contribution in [3.63, 3.8) is 0 Å². The number of amides is 2. The zero-order chi connectivity index (χ0) is 7.84. The first-order chi connectivity index (χ1) is 5.29. The average Bonchev–Trinajstić information content (AvgIpc) is 2.30. The summed E-state index contributed by atoms with van der Waals surface area (Å²) < 4.78 is 0. The maximum absolute atomic E-state index is 11.1. The summed E-state index contributed by atoms with van der Waals surface area (Å²) in [6, 6.07) is 0.827. The second-order valence-electron chi connectivity index (χ2n) is 3.23. The summed E-state index contributed by atoms with van der Waals surface area (Å²) in [6.07, 6.45) is 1.07.